The van der Waals surface area contributed by atoms with Crippen LogP contribution in [0.15, 0.2) is 0 Å². The molecular formula is C13H28N2. The third-order valence-electron chi connectivity index (χ3n) is 3.63. The summed E-state index contributed by atoms with van der Waals surface area (Å²) < 4.78 is 0. The van der Waals surface area contributed by atoms with Crippen LogP contribution in [-0.2, 0) is 0 Å². The Morgan fingerprint density at radius 2 is 1.53 bits per heavy atom. The van der Waals surface area contributed by atoms with Gasteiger partial charge in [-0.1, -0.05) is 20.3 Å². The number of rotatable bonds is 5. The topological polar surface area (TPSA) is 6.48 Å². The van der Waals surface area contributed by atoms with Gasteiger partial charge in [-0.2, -0.15) is 0 Å². The van der Waals surface area contributed by atoms with Crippen LogP contribution in [0, 0.1) is 0 Å². The highest BCUT2D eigenvalue weighted by molar-refractivity contribution is 4.85. The molecule has 0 unspecified atom stereocenters. The molecular weight excluding hydrogens is 184 g/mol. The van der Waals surface area contributed by atoms with Gasteiger partial charge in [-0.25, -0.2) is 0 Å². The maximum absolute atomic E-state index is 2.67. The van der Waals surface area contributed by atoms with Gasteiger partial charge in [-0.05, 0) is 33.2 Å². The van der Waals surface area contributed by atoms with Crippen LogP contribution in [0.5, 0.6) is 0 Å². The predicted molar refractivity (Wildman–Crippen MR) is 67.3 cm³/mol. The standard InChI is InChI=1S/C13H28N2/c1-5-7-13(3,4)15-11-9-14(8-6-2)10-12-15/h5-12H2,1-4H3. The van der Waals surface area contributed by atoms with E-state index in [0.717, 1.165) is 0 Å². The van der Waals surface area contributed by atoms with Crippen LogP contribution in [-0.4, -0.2) is 48.1 Å². The maximum atomic E-state index is 2.67. The van der Waals surface area contributed by atoms with E-state index in [1.807, 2.05) is 0 Å². The van der Waals surface area contributed by atoms with Crippen molar-refractivity contribution < 1.29 is 0 Å². The van der Waals surface area contributed by atoms with Gasteiger partial charge in [0.15, 0.2) is 0 Å². The first kappa shape index (κ1) is 13.0. The minimum Gasteiger partial charge on any atom is -0.301 e. The second-order valence-corrected chi connectivity index (χ2v) is 5.39. The third kappa shape index (κ3) is 3.76. The lowest BCUT2D eigenvalue weighted by molar-refractivity contribution is 0.0470. The fourth-order valence-corrected chi connectivity index (χ4v) is 2.66. The summed E-state index contributed by atoms with van der Waals surface area (Å²) in [7, 11) is 0. The normalized spacial score (nSPS) is 20.8. The van der Waals surface area contributed by atoms with Crippen molar-refractivity contribution in [3.05, 3.63) is 0 Å². The van der Waals surface area contributed by atoms with Gasteiger partial charge in [0.2, 0.25) is 0 Å². The van der Waals surface area contributed by atoms with E-state index >= 15 is 0 Å². The number of nitrogens with zero attached hydrogens (tertiary/aromatic N) is 2. The SMILES string of the molecule is CCCN1CCN(C(C)(C)CCC)CC1. The molecule has 2 nitrogen and oxygen atoms in total. The van der Waals surface area contributed by atoms with E-state index in [1.54, 1.807) is 0 Å². The fraction of sp³-hybridized carbons (Fsp3) is 1.00. The lowest BCUT2D eigenvalue weighted by Gasteiger charge is -2.44. The molecule has 0 aromatic carbocycles. The summed E-state index contributed by atoms with van der Waals surface area (Å²) in [6.45, 7) is 15.7. The molecule has 90 valence electrons. The quantitative estimate of drug-likeness (QED) is 0.691. The van der Waals surface area contributed by atoms with E-state index in [0.29, 0.717) is 5.54 Å². The molecule has 1 aliphatic rings. The molecule has 2 heteroatoms. The Balaban J connectivity index is 2.36. The molecule has 1 heterocycles. The number of hydrogen-bond acceptors (Lipinski definition) is 2. The Kier molecular flexibility index (Phi) is 5.07. The van der Waals surface area contributed by atoms with Gasteiger partial charge in [0, 0.05) is 31.7 Å². The summed E-state index contributed by atoms with van der Waals surface area (Å²) in [5.41, 5.74) is 0.410. The van der Waals surface area contributed by atoms with E-state index in [2.05, 4.69) is 37.5 Å². The molecule has 1 aliphatic heterocycles. The van der Waals surface area contributed by atoms with Crippen LogP contribution < -0.4 is 0 Å². The van der Waals surface area contributed by atoms with Crippen molar-refractivity contribution in [2.24, 2.45) is 0 Å². The highest BCUT2D eigenvalue weighted by Gasteiger charge is 2.28. The Bertz CT molecular complexity index is 169. The Morgan fingerprint density at radius 1 is 0.933 bits per heavy atom. The van der Waals surface area contributed by atoms with Crippen molar-refractivity contribution in [1.29, 1.82) is 0 Å². The third-order valence-corrected chi connectivity index (χ3v) is 3.63. The van der Waals surface area contributed by atoms with Crippen molar-refractivity contribution in [3.8, 4) is 0 Å². The monoisotopic (exact) mass is 212 g/mol. The minimum atomic E-state index is 0.410. The largest absolute Gasteiger partial charge is 0.301 e. The molecule has 1 fully saturated rings. The van der Waals surface area contributed by atoms with Crippen molar-refractivity contribution in [3.63, 3.8) is 0 Å². The van der Waals surface area contributed by atoms with Gasteiger partial charge in [0.05, 0.1) is 0 Å². The van der Waals surface area contributed by atoms with Gasteiger partial charge < -0.3 is 4.90 Å². The maximum Gasteiger partial charge on any atom is 0.0154 e. The van der Waals surface area contributed by atoms with E-state index in [9.17, 15) is 0 Å². The Morgan fingerprint density at radius 3 is 2.00 bits per heavy atom. The first-order chi connectivity index (χ1) is 7.10. The summed E-state index contributed by atoms with van der Waals surface area (Å²) in [6, 6.07) is 0. The lowest BCUT2D eigenvalue weighted by atomic mass is 9.95. The predicted octanol–water partition coefficient (Wildman–Crippen LogP) is 2.59. The summed E-state index contributed by atoms with van der Waals surface area (Å²) in [5.74, 6) is 0. The molecule has 0 saturated carbocycles. The van der Waals surface area contributed by atoms with E-state index in [4.69, 9.17) is 0 Å². The van der Waals surface area contributed by atoms with Gasteiger partial charge in [-0.3, -0.25) is 4.90 Å². The van der Waals surface area contributed by atoms with Crippen LogP contribution in [0.25, 0.3) is 0 Å². The average Bonchev–Trinajstić information content (AvgIpc) is 2.19. The molecule has 0 N–H and O–H groups in total. The molecule has 1 saturated heterocycles. The molecule has 0 amide bonds. The fourth-order valence-electron chi connectivity index (χ4n) is 2.66. The van der Waals surface area contributed by atoms with E-state index < -0.39 is 0 Å². The second-order valence-electron chi connectivity index (χ2n) is 5.39. The molecule has 0 radical (unpaired) electrons. The van der Waals surface area contributed by atoms with Gasteiger partial charge in [0.1, 0.15) is 0 Å². The first-order valence-corrected chi connectivity index (χ1v) is 6.57. The van der Waals surface area contributed by atoms with Gasteiger partial charge in [-0.15, -0.1) is 0 Å². The first-order valence-electron chi connectivity index (χ1n) is 6.57. The van der Waals surface area contributed by atoms with Gasteiger partial charge >= 0.3 is 0 Å². The van der Waals surface area contributed by atoms with Crippen molar-refractivity contribution in [1.82, 2.24) is 9.80 Å². The summed E-state index contributed by atoms with van der Waals surface area (Å²) in [6.07, 6.45) is 3.90. The Hall–Kier alpha value is -0.0800. The zero-order chi connectivity index (χ0) is 11.3. The van der Waals surface area contributed by atoms with Gasteiger partial charge in [0.25, 0.3) is 0 Å². The van der Waals surface area contributed by atoms with E-state index in [1.165, 1.54) is 52.0 Å². The van der Waals surface area contributed by atoms with Crippen LogP contribution in [0.2, 0.25) is 0 Å². The summed E-state index contributed by atoms with van der Waals surface area (Å²) >= 11 is 0. The average molecular weight is 212 g/mol. The van der Waals surface area contributed by atoms with Crippen LogP contribution in [0.3, 0.4) is 0 Å². The summed E-state index contributed by atoms with van der Waals surface area (Å²) in [4.78, 5) is 5.27. The zero-order valence-corrected chi connectivity index (χ0v) is 11.1. The molecule has 0 bridgehead atoms. The smallest absolute Gasteiger partial charge is 0.0154 e. The van der Waals surface area contributed by atoms with Crippen LogP contribution in [0.1, 0.15) is 47.0 Å². The molecule has 0 aromatic heterocycles. The molecule has 15 heavy (non-hydrogen) atoms. The van der Waals surface area contributed by atoms with E-state index in [-0.39, 0.29) is 0 Å². The molecule has 0 aromatic rings. The van der Waals surface area contributed by atoms with Crippen molar-refractivity contribution in [2.45, 2.75) is 52.5 Å². The second kappa shape index (κ2) is 5.86. The molecule has 0 spiro atoms. The number of piperazine rings is 1. The Labute approximate surface area is 95.6 Å². The zero-order valence-electron chi connectivity index (χ0n) is 11.1. The molecule has 0 atom stereocenters. The highest BCUT2D eigenvalue weighted by Crippen LogP contribution is 2.22. The number of hydrogen-bond donors (Lipinski definition) is 0. The molecule has 0 aliphatic carbocycles. The minimum absolute atomic E-state index is 0.410. The van der Waals surface area contributed by atoms with Crippen LogP contribution >= 0.6 is 0 Å². The van der Waals surface area contributed by atoms with Crippen molar-refractivity contribution >= 4 is 0 Å². The van der Waals surface area contributed by atoms with Crippen LogP contribution in [0.4, 0.5) is 0 Å². The highest BCUT2D eigenvalue weighted by atomic mass is 15.3. The summed E-state index contributed by atoms with van der Waals surface area (Å²) in [5, 5.41) is 0. The van der Waals surface area contributed by atoms with Crippen molar-refractivity contribution in [2.75, 3.05) is 32.7 Å². The molecule has 1 rings (SSSR count). The lowest BCUT2D eigenvalue weighted by Crippen LogP contribution is -2.54.